The second kappa shape index (κ2) is 12.8. The zero-order chi connectivity index (χ0) is 30.6. The SMILES string of the molecule is O=C(O)c1cccc(-c2cc(NC(=O)c3ccc(O[C@H]4CCNC4)c(-c4ccc(F)c(F)c4)c3)ccc2O[C@H]2CCNC2)c1. The zero-order valence-electron chi connectivity index (χ0n) is 23.7. The number of halogens is 2. The zero-order valence-corrected chi connectivity index (χ0v) is 23.7. The van der Waals surface area contributed by atoms with Crippen molar-refractivity contribution in [3.05, 3.63) is 102 Å². The Morgan fingerprint density at radius 2 is 1.39 bits per heavy atom. The van der Waals surface area contributed by atoms with Gasteiger partial charge in [0.05, 0.1) is 5.56 Å². The molecule has 4 N–H and O–H groups in total. The van der Waals surface area contributed by atoms with Crippen LogP contribution in [0.2, 0.25) is 0 Å². The highest BCUT2D eigenvalue weighted by molar-refractivity contribution is 6.05. The highest BCUT2D eigenvalue weighted by Gasteiger charge is 2.22. The van der Waals surface area contributed by atoms with Crippen molar-refractivity contribution < 1.29 is 33.0 Å². The number of carboxylic acid groups (broad SMARTS) is 1. The Labute approximate surface area is 253 Å². The van der Waals surface area contributed by atoms with E-state index in [2.05, 4.69) is 16.0 Å². The summed E-state index contributed by atoms with van der Waals surface area (Å²) in [7, 11) is 0. The number of carbonyl (C=O) groups is 2. The Kier molecular flexibility index (Phi) is 8.53. The van der Waals surface area contributed by atoms with Gasteiger partial charge in [-0.15, -0.1) is 0 Å². The number of amides is 1. The number of benzene rings is 4. The molecule has 226 valence electrons. The number of nitrogens with one attached hydrogen (secondary N) is 3. The molecule has 1 amide bonds. The number of carboxylic acids is 1. The molecule has 0 spiro atoms. The van der Waals surface area contributed by atoms with Crippen LogP contribution < -0.4 is 25.4 Å². The van der Waals surface area contributed by atoms with Crippen molar-refractivity contribution in [1.82, 2.24) is 10.6 Å². The molecular weight excluding hydrogens is 568 g/mol. The lowest BCUT2D eigenvalue weighted by molar-refractivity contribution is 0.0696. The van der Waals surface area contributed by atoms with E-state index in [1.807, 2.05) is 0 Å². The summed E-state index contributed by atoms with van der Waals surface area (Å²) in [6.07, 6.45) is 1.52. The fourth-order valence-electron chi connectivity index (χ4n) is 5.44. The van der Waals surface area contributed by atoms with Gasteiger partial charge in [0.25, 0.3) is 5.91 Å². The second-order valence-corrected chi connectivity index (χ2v) is 10.9. The van der Waals surface area contributed by atoms with E-state index < -0.39 is 23.5 Å². The molecule has 2 saturated heterocycles. The van der Waals surface area contributed by atoms with Gasteiger partial charge in [-0.05, 0) is 97.7 Å². The summed E-state index contributed by atoms with van der Waals surface area (Å²) in [5, 5.41) is 19.0. The molecule has 0 aliphatic carbocycles. The first-order valence-electron chi connectivity index (χ1n) is 14.5. The minimum absolute atomic E-state index is 0.0349. The van der Waals surface area contributed by atoms with Crippen LogP contribution in [-0.2, 0) is 0 Å². The Bertz CT molecular complexity index is 1700. The average Bonchev–Trinajstić information content (AvgIpc) is 3.74. The summed E-state index contributed by atoms with van der Waals surface area (Å²) >= 11 is 0. The average molecular weight is 600 g/mol. The van der Waals surface area contributed by atoms with Gasteiger partial charge in [-0.2, -0.15) is 0 Å². The molecule has 0 unspecified atom stereocenters. The maximum atomic E-state index is 14.2. The maximum absolute atomic E-state index is 14.2. The Hall–Kier alpha value is -4.80. The lowest BCUT2D eigenvalue weighted by Crippen LogP contribution is -2.20. The van der Waals surface area contributed by atoms with Crippen LogP contribution in [0.1, 0.15) is 33.6 Å². The Balaban J connectivity index is 1.32. The molecule has 4 aromatic rings. The molecule has 8 nitrogen and oxygen atoms in total. The van der Waals surface area contributed by atoms with E-state index in [1.165, 1.54) is 12.1 Å². The van der Waals surface area contributed by atoms with Crippen molar-refractivity contribution in [2.45, 2.75) is 25.0 Å². The highest BCUT2D eigenvalue weighted by Crippen LogP contribution is 2.36. The van der Waals surface area contributed by atoms with Crippen LogP contribution in [0.3, 0.4) is 0 Å². The molecule has 0 bridgehead atoms. The molecule has 2 fully saturated rings. The molecule has 2 aliphatic heterocycles. The summed E-state index contributed by atoms with van der Waals surface area (Å²) < 4.78 is 40.4. The number of hydrogen-bond donors (Lipinski definition) is 4. The van der Waals surface area contributed by atoms with Gasteiger partial charge in [-0.1, -0.05) is 18.2 Å². The number of ether oxygens (including phenoxy) is 2. The molecule has 6 rings (SSSR count). The van der Waals surface area contributed by atoms with E-state index in [4.69, 9.17) is 9.47 Å². The van der Waals surface area contributed by atoms with Crippen molar-refractivity contribution in [2.75, 3.05) is 31.5 Å². The molecule has 44 heavy (non-hydrogen) atoms. The predicted octanol–water partition coefficient (Wildman–Crippen LogP) is 5.73. The van der Waals surface area contributed by atoms with Gasteiger partial charge < -0.3 is 30.5 Å². The third kappa shape index (κ3) is 6.56. The monoisotopic (exact) mass is 599 g/mol. The van der Waals surface area contributed by atoms with Gasteiger partial charge in [0.2, 0.25) is 0 Å². The van der Waals surface area contributed by atoms with Crippen LogP contribution in [0.5, 0.6) is 11.5 Å². The van der Waals surface area contributed by atoms with Gasteiger partial charge in [0.1, 0.15) is 23.7 Å². The third-order valence-corrected chi connectivity index (χ3v) is 7.75. The van der Waals surface area contributed by atoms with E-state index in [0.29, 0.717) is 52.5 Å². The smallest absolute Gasteiger partial charge is 0.335 e. The number of anilines is 1. The van der Waals surface area contributed by atoms with E-state index in [9.17, 15) is 23.5 Å². The molecule has 2 aliphatic rings. The quantitative estimate of drug-likeness (QED) is 0.195. The molecule has 2 atom stereocenters. The molecular formula is C34H31F2N3O5. The van der Waals surface area contributed by atoms with Gasteiger partial charge in [0.15, 0.2) is 11.6 Å². The minimum atomic E-state index is -1.05. The summed E-state index contributed by atoms with van der Waals surface area (Å²) in [4.78, 5) is 25.2. The largest absolute Gasteiger partial charge is 0.488 e. The number of carbonyl (C=O) groups excluding carboxylic acids is 1. The van der Waals surface area contributed by atoms with Crippen LogP contribution >= 0.6 is 0 Å². The first-order chi connectivity index (χ1) is 21.3. The first-order valence-corrected chi connectivity index (χ1v) is 14.5. The standard InChI is InChI=1S/C34H31F2N3O5/c35-29-7-4-21(16-30(29)36)27-15-22(5-8-31(27)43-25-10-12-37-18-25)33(40)39-24-6-9-32(44-26-11-13-38-19-26)28(17-24)20-2-1-3-23(14-20)34(41)42/h1-9,14-17,25-26,37-38H,10-13,18-19H2,(H,39,40)(H,41,42)/t25-,26-/m0/s1. The first kappa shape index (κ1) is 29.3. The topological polar surface area (TPSA) is 109 Å². The van der Waals surface area contributed by atoms with Crippen molar-refractivity contribution in [1.29, 1.82) is 0 Å². The summed E-state index contributed by atoms with van der Waals surface area (Å²) in [5.74, 6) is -2.41. The lowest BCUT2D eigenvalue weighted by atomic mass is 10.00. The van der Waals surface area contributed by atoms with Gasteiger partial charge >= 0.3 is 5.97 Å². The second-order valence-electron chi connectivity index (χ2n) is 10.9. The van der Waals surface area contributed by atoms with Crippen molar-refractivity contribution in [3.8, 4) is 33.8 Å². The number of aromatic carboxylic acids is 1. The minimum Gasteiger partial charge on any atom is -0.488 e. The molecule has 0 aromatic heterocycles. The normalized spacial score (nSPS) is 17.8. The van der Waals surface area contributed by atoms with Gasteiger partial charge in [0, 0.05) is 35.5 Å². The highest BCUT2D eigenvalue weighted by atomic mass is 19.2. The number of hydrogen-bond acceptors (Lipinski definition) is 6. The maximum Gasteiger partial charge on any atom is 0.335 e. The molecule has 10 heteroatoms. The van der Waals surface area contributed by atoms with E-state index in [1.54, 1.807) is 54.6 Å². The Morgan fingerprint density at radius 3 is 2.02 bits per heavy atom. The van der Waals surface area contributed by atoms with Gasteiger partial charge in [-0.3, -0.25) is 4.79 Å². The van der Waals surface area contributed by atoms with E-state index in [0.717, 1.165) is 38.1 Å². The van der Waals surface area contributed by atoms with Gasteiger partial charge in [-0.25, -0.2) is 13.6 Å². The fraction of sp³-hybridized carbons (Fsp3) is 0.235. The third-order valence-electron chi connectivity index (χ3n) is 7.75. The molecule has 4 aromatic carbocycles. The molecule has 2 heterocycles. The van der Waals surface area contributed by atoms with Crippen molar-refractivity contribution in [2.24, 2.45) is 0 Å². The summed E-state index contributed by atoms with van der Waals surface area (Å²) in [5.41, 5.74) is 2.99. The van der Waals surface area contributed by atoms with Crippen LogP contribution in [0.15, 0.2) is 78.9 Å². The van der Waals surface area contributed by atoms with Crippen molar-refractivity contribution >= 4 is 17.6 Å². The Morgan fingerprint density at radius 1 is 0.727 bits per heavy atom. The van der Waals surface area contributed by atoms with Crippen molar-refractivity contribution in [3.63, 3.8) is 0 Å². The predicted molar refractivity (Wildman–Crippen MR) is 162 cm³/mol. The number of rotatable bonds is 9. The molecule has 0 radical (unpaired) electrons. The summed E-state index contributed by atoms with van der Waals surface area (Å²) in [6.45, 7) is 3.02. The molecule has 0 saturated carbocycles. The summed E-state index contributed by atoms with van der Waals surface area (Å²) in [6, 6.07) is 20.2. The van der Waals surface area contributed by atoms with E-state index >= 15 is 0 Å². The van der Waals surface area contributed by atoms with Crippen LogP contribution in [-0.4, -0.2) is 55.4 Å². The van der Waals surface area contributed by atoms with Crippen LogP contribution in [0, 0.1) is 11.6 Å². The lowest BCUT2D eigenvalue weighted by Gasteiger charge is -2.19. The van der Waals surface area contributed by atoms with E-state index in [-0.39, 0.29) is 23.3 Å². The van der Waals surface area contributed by atoms with Crippen LogP contribution in [0.25, 0.3) is 22.3 Å². The van der Waals surface area contributed by atoms with Crippen LogP contribution in [0.4, 0.5) is 14.5 Å². The fourth-order valence-corrected chi connectivity index (χ4v) is 5.44.